The van der Waals surface area contributed by atoms with E-state index >= 15 is 0 Å². The van der Waals surface area contributed by atoms with Gasteiger partial charge in [-0.1, -0.05) is 6.42 Å². The Morgan fingerprint density at radius 2 is 2.00 bits per heavy atom. The zero-order chi connectivity index (χ0) is 18.6. The summed E-state index contributed by atoms with van der Waals surface area (Å²) in [5.74, 6) is -0.0311. The van der Waals surface area contributed by atoms with Gasteiger partial charge in [0.05, 0.1) is 6.61 Å². The van der Waals surface area contributed by atoms with Gasteiger partial charge in [0.2, 0.25) is 10.0 Å². The molecule has 3 rings (SSSR count). The number of aromatic amines is 1. The number of nitrogens with zero attached hydrogens (tertiary/aromatic N) is 1. The second kappa shape index (κ2) is 7.92. The van der Waals surface area contributed by atoms with Crippen LogP contribution in [0.25, 0.3) is 0 Å². The molecule has 1 aliphatic rings. The molecule has 0 radical (unpaired) electrons. The number of ether oxygens (including phenoxy) is 1. The lowest BCUT2D eigenvalue weighted by atomic mass is 10.2. The van der Waals surface area contributed by atoms with Crippen molar-refractivity contribution < 1.29 is 17.9 Å². The standard InChI is InChI=1S/C18H23N3O4S/c1-2-25-16-9-8-14(20-18(22)15-7-6-10-19-15)13-17(16)26(23,24)21-11-4-3-5-12-21/h6-10,13,19H,2-5,11-12H2,1H3,(H,20,22). The summed E-state index contributed by atoms with van der Waals surface area (Å²) in [7, 11) is -3.68. The molecule has 2 N–H and O–H groups in total. The van der Waals surface area contributed by atoms with Gasteiger partial charge < -0.3 is 15.0 Å². The van der Waals surface area contributed by atoms with Gasteiger partial charge in [0.25, 0.3) is 5.91 Å². The van der Waals surface area contributed by atoms with E-state index in [9.17, 15) is 13.2 Å². The minimum Gasteiger partial charge on any atom is -0.492 e. The molecule has 1 fully saturated rings. The summed E-state index contributed by atoms with van der Waals surface area (Å²) in [6.07, 6.45) is 4.40. The Labute approximate surface area is 153 Å². The van der Waals surface area contributed by atoms with Crippen molar-refractivity contribution in [3.63, 3.8) is 0 Å². The van der Waals surface area contributed by atoms with Crippen LogP contribution in [0.2, 0.25) is 0 Å². The van der Waals surface area contributed by atoms with E-state index in [0.29, 0.717) is 36.8 Å². The first kappa shape index (κ1) is 18.5. The summed E-state index contributed by atoms with van der Waals surface area (Å²) in [5.41, 5.74) is 0.808. The van der Waals surface area contributed by atoms with Crippen molar-refractivity contribution in [1.29, 1.82) is 0 Å². The first-order chi connectivity index (χ1) is 12.5. The molecule has 26 heavy (non-hydrogen) atoms. The van der Waals surface area contributed by atoms with E-state index in [1.165, 1.54) is 10.4 Å². The SMILES string of the molecule is CCOc1ccc(NC(=O)c2ccc[nH]2)cc1S(=O)(=O)N1CCCCC1. The number of sulfonamides is 1. The number of carbonyl (C=O) groups is 1. The molecule has 0 saturated carbocycles. The number of hydrogen-bond acceptors (Lipinski definition) is 4. The second-order valence-corrected chi connectivity index (χ2v) is 8.00. The molecule has 2 aromatic rings. The molecule has 2 heterocycles. The summed E-state index contributed by atoms with van der Waals surface area (Å²) in [4.78, 5) is 15.1. The molecule has 0 bridgehead atoms. The van der Waals surface area contributed by atoms with Crippen LogP contribution in [-0.2, 0) is 10.0 Å². The maximum atomic E-state index is 13.1. The summed E-state index contributed by atoms with van der Waals surface area (Å²) in [5, 5.41) is 2.72. The fourth-order valence-electron chi connectivity index (χ4n) is 2.98. The Morgan fingerprint density at radius 1 is 1.23 bits per heavy atom. The summed E-state index contributed by atoms with van der Waals surface area (Å²) in [6, 6.07) is 8.07. The number of aromatic nitrogens is 1. The van der Waals surface area contributed by atoms with Crippen LogP contribution in [0.4, 0.5) is 5.69 Å². The van der Waals surface area contributed by atoms with Crippen molar-refractivity contribution in [3.8, 4) is 5.75 Å². The topological polar surface area (TPSA) is 91.5 Å². The third-order valence-corrected chi connectivity index (χ3v) is 6.20. The van der Waals surface area contributed by atoms with Gasteiger partial charge in [-0.2, -0.15) is 4.31 Å². The average Bonchev–Trinajstić information content (AvgIpc) is 3.19. The van der Waals surface area contributed by atoms with Crippen molar-refractivity contribution in [3.05, 3.63) is 42.2 Å². The minimum atomic E-state index is -3.68. The predicted molar refractivity (Wildman–Crippen MR) is 99.0 cm³/mol. The van der Waals surface area contributed by atoms with Crippen LogP contribution in [0.5, 0.6) is 5.75 Å². The lowest BCUT2D eigenvalue weighted by molar-refractivity contribution is 0.102. The van der Waals surface area contributed by atoms with Gasteiger partial charge in [0.15, 0.2) is 0 Å². The molecule has 0 spiro atoms. The van der Waals surface area contributed by atoms with E-state index < -0.39 is 10.0 Å². The van der Waals surface area contributed by atoms with Gasteiger partial charge in [-0.15, -0.1) is 0 Å². The second-order valence-electron chi connectivity index (χ2n) is 6.10. The van der Waals surface area contributed by atoms with Gasteiger partial charge in [-0.3, -0.25) is 4.79 Å². The molecule has 1 aromatic heterocycles. The Hall–Kier alpha value is -2.32. The van der Waals surface area contributed by atoms with Crippen LogP contribution < -0.4 is 10.1 Å². The number of piperidine rings is 1. The smallest absolute Gasteiger partial charge is 0.272 e. The zero-order valence-corrected chi connectivity index (χ0v) is 15.5. The Morgan fingerprint density at radius 3 is 2.65 bits per heavy atom. The molecule has 7 nitrogen and oxygen atoms in total. The van der Waals surface area contributed by atoms with Crippen LogP contribution >= 0.6 is 0 Å². The average molecular weight is 377 g/mol. The van der Waals surface area contributed by atoms with Crippen molar-refractivity contribution >= 4 is 21.6 Å². The van der Waals surface area contributed by atoms with E-state index in [-0.39, 0.29) is 10.8 Å². The highest BCUT2D eigenvalue weighted by Gasteiger charge is 2.29. The van der Waals surface area contributed by atoms with Gasteiger partial charge in [0, 0.05) is 25.0 Å². The molecule has 0 unspecified atom stereocenters. The Kier molecular flexibility index (Phi) is 5.63. The predicted octanol–water partition coefficient (Wildman–Crippen LogP) is 2.84. The molecule has 0 atom stereocenters. The quantitative estimate of drug-likeness (QED) is 0.810. The fraction of sp³-hybridized carbons (Fsp3) is 0.389. The van der Waals surface area contributed by atoms with Gasteiger partial charge in [-0.25, -0.2) is 8.42 Å². The van der Waals surface area contributed by atoms with Gasteiger partial charge in [0.1, 0.15) is 16.3 Å². The summed E-state index contributed by atoms with van der Waals surface area (Å²) >= 11 is 0. The molecule has 1 amide bonds. The number of nitrogens with one attached hydrogen (secondary N) is 2. The van der Waals surface area contributed by atoms with Crippen LogP contribution in [0.3, 0.4) is 0 Å². The lowest BCUT2D eigenvalue weighted by Crippen LogP contribution is -2.35. The summed E-state index contributed by atoms with van der Waals surface area (Å²) < 4.78 is 33.2. The highest BCUT2D eigenvalue weighted by Crippen LogP contribution is 2.31. The number of H-pyrrole nitrogens is 1. The third-order valence-electron chi connectivity index (χ3n) is 4.28. The van der Waals surface area contributed by atoms with Crippen molar-refractivity contribution in [2.45, 2.75) is 31.1 Å². The molecule has 0 aliphatic carbocycles. The van der Waals surface area contributed by atoms with Crippen LogP contribution in [0.15, 0.2) is 41.4 Å². The van der Waals surface area contributed by atoms with Gasteiger partial charge in [-0.05, 0) is 50.1 Å². The molecule has 1 aliphatic heterocycles. The number of carbonyl (C=O) groups excluding carboxylic acids is 1. The monoisotopic (exact) mass is 377 g/mol. The molecule has 140 valence electrons. The largest absolute Gasteiger partial charge is 0.492 e. The number of amides is 1. The fourth-order valence-corrected chi connectivity index (χ4v) is 4.65. The number of benzene rings is 1. The number of rotatable bonds is 6. The normalized spacial score (nSPS) is 15.6. The number of anilines is 1. The van der Waals surface area contributed by atoms with Crippen molar-refractivity contribution in [2.75, 3.05) is 25.0 Å². The molecule has 1 aromatic carbocycles. The van der Waals surface area contributed by atoms with Crippen molar-refractivity contribution in [2.24, 2.45) is 0 Å². The first-order valence-corrected chi connectivity index (χ1v) is 10.2. The highest BCUT2D eigenvalue weighted by atomic mass is 32.2. The Bertz CT molecular complexity index is 857. The molecule has 1 saturated heterocycles. The van der Waals surface area contributed by atoms with E-state index in [1.807, 2.05) is 0 Å². The van der Waals surface area contributed by atoms with Crippen LogP contribution in [0.1, 0.15) is 36.7 Å². The maximum absolute atomic E-state index is 13.1. The highest BCUT2D eigenvalue weighted by molar-refractivity contribution is 7.89. The maximum Gasteiger partial charge on any atom is 0.272 e. The summed E-state index contributed by atoms with van der Waals surface area (Å²) in [6.45, 7) is 3.18. The Balaban J connectivity index is 1.92. The van der Waals surface area contributed by atoms with Crippen LogP contribution in [0, 0.1) is 0 Å². The lowest BCUT2D eigenvalue weighted by Gasteiger charge is -2.27. The van der Waals surface area contributed by atoms with Crippen molar-refractivity contribution in [1.82, 2.24) is 9.29 Å². The minimum absolute atomic E-state index is 0.0885. The third kappa shape index (κ3) is 3.91. The van der Waals surface area contributed by atoms with Gasteiger partial charge >= 0.3 is 0 Å². The first-order valence-electron chi connectivity index (χ1n) is 8.74. The molecular formula is C18H23N3O4S. The molecule has 8 heteroatoms. The van der Waals surface area contributed by atoms with Crippen LogP contribution in [-0.4, -0.2) is 43.3 Å². The zero-order valence-electron chi connectivity index (χ0n) is 14.7. The van der Waals surface area contributed by atoms with E-state index in [2.05, 4.69) is 10.3 Å². The molecular weight excluding hydrogens is 354 g/mol. The van der Waals surface area contributed by atoms with E-state index in [4.69, 9.17) is 4.74 Å². The van der Waals surface area contributed by atoms with E-state index in [1.54, 1.807) is 37.4 Å². The van der Waals surface area contributed by atoms with E-state index in [0.717, 1.165) is 19.3 Å². The number of hydrogen-bond donors (Lipinski definition) is 2.